The fraction of sp³-hybridized carbons (Fsp3) is 0.545. The monoisotopic (exact) mass is 193 g/mol. The highest BCUT2D eigenvalue weighted by molar-refractivity contribution is 4.90. The molecule has 0 fully saturated rings. The van der Waals surface area contributed by atoms with Gasteiger partial charge in [-0.15, -0.1) is 0 Å². The van der Waals surface area contributed by atoms with Gasteiger partial charge in [-0.25, -0.2) is 4.98 Å². The van der Waals surface area contributed by atoms with E-state index in [2.05, 4.69) is 21.4 Å². The molecule has 3 heteroatoms. The Morgan fingerprint density at radius 2 is 2.36 bits per heavy atom. The van der Waals surface area contributed by atoms with Crippen LogP contribution < -0.4 is 5.32 Å². The van der Waals surface area contributed by atoms with Crippen LogP contribution >= 0.6 is 0 Å². The number of unbranched alkanes of at least 4 members (excludes halogenated alkanes) is 1. The highest BCUT2D eigenvalue weighted by Gasteiger charge is 1.91. The molecule has 1 aromatic heterocycles. The van der Waals surface area contributed by atoms with E-state index in [0.29, 0.717) is 0 Å². The van der Waals surface area contributed by atoms with Crippen LogP contribution in [0.2, 0.25) is 0 Å². The van der Waals surface area contributed by atoms with Gasteiger partial charge in [0.25, 0.3) is 0 Å². The molecule has 3 nitrogen and oxygen atoms in total. The van der Waals surface area contributed by atoms with Crippen LogP contribution in [0.3, 0.4) is 0 Å². The van der Waals surface area contributed by atoms with Crippen LogP contribution in [-0.2, 0) is 6.54 Å². The van der Waals surface area contributed by atoms with Gasteiger partial charge >= 0.3 is 0 Å². The fourth-order valence-electron chi connectivity index (χ4n) is 1.27. The summed E-state index contributed by atoms with van der Waals surface area (Å²) < 4.78 is 2.11. The van der Waals surface area contributed by atoms with Gasteiger partial charge in [-0.05, 0) is 26.3 Å². The molecule has 0 spiro atoms. The Labute approximate surface area is 85.8 Å². The second-order valence-corrected chi connectivity index (χ2v) is 3.64. The number of hydrogen-bond acceptors (Lipinski definition) is 2. The molecule has 0 aliphatic heterocycles. The van der Waals surface area contributed by atoms with E-state index in [4.69, 9.17) is 0 Å². The minimum Gasteiger partial charge on any atom is -0.337 e. The molecule has 0 aliphatic rings. The van der Waals surface area contributed by atoms with E-state index in [1.54, 1.807) is 0 Å². The molecular formula is C11H19N3. The molecule has 0 unspecified atom stereocenters. The summed E-state index contributed by atoms with van der Waals surface area (Å²) in [6.45, 7) is 8.95. The van der Waals surface area contributed by atoms with Crippen molar-refractivity contribution in [2.45, 2.75) is 26.3 Å². The highest BCUT2D eigenvalue weighted by atomic mass is 15.0. The summed E-state index contributed by atoms with van der Waals surface area (Å²) in [7, 11) is 0. The number of nitrogens with zero attached hydrogens (tertiary/aromatic N) is 2. The molecule has 78 valence electrons. The van der Waals surface area contributed by atoms with E-state index >= 15 is 0 Å². The van der Waals surface area contributed by atoms with Crippen LogP contribution in [-0.4, -0.2) is 22.6 Å². The Morgan fingerprint density at radius 3 is 3.00 bits per heavy atom. The molecule has 0 amide bonds. The molecule has 0 atom stereocenters. The van der Waals surface area contributed by atoms with Gasteiger partial charge in [0.15, 0.2) is 0 Å². The lowest BCUT2D eigenvalue weighted by atomic mass is 10.3. The molecule has 0 saturated heterocycles. The van der Waals surface area contributed by atoms with Crippen molar-refractivity contribution in [3.8, 4) is 0 Å². The quantitative estimate of drug-likeness (QED) is 0.529. The van der Waals surface area contributed by atoms with Crippen LogP contribution in [0.4, 0.5) is 0 Å². The molecule has 0 radical (unpaired) electrons. The molecular weight excluding hydrogens is 174 g/mol. The van der Waals surface area contributed by atoms with Crippen LogP contribution in [0.15, 0.2) is 30.9 Å². The number of aromatic nitrogens is 2. The molecule has 0 saturated carbocycles. The SMILES string of the molecule is C=C(C)CNCCCCn1ccnc1. The van der Waals surface area contributed by atoms with Crippen molar-refractivity contribution in [3.63, 3.8) is 0 Å². The lowest BCUT2D eigenvalue weighted by Crippen LogP contribution is -2.17. The van der Waals surface area contributed by atoms with Gasteiger partial charge in [0, 0.05) is 25.5 Å². The van der Waals surface area contributed by atoms with Crippen LogP contribution in [0.1, 0.15) is 19.8 Å². The van der Waals surface area contributed by atoms with E-state index < -0.39 is 0 Å². The van der Waals surface area contributed by atoms with E-state index in [-0.39, 0.29) is 0 Å². The minimum atomic E-state index is 0.936. The predicted molar refractivity (Wildman–Crippen MR) is 59.1 cm³/mol. The zero-order chi connectivity index (χ0) is 10.2. The van der Waals surface area contributed by atoms with Crippen molar-refractivity contribution in [3.05, 3.63) is 30.9 Å². The van der Waals surface area contributed by atoms with Crippen molar-refractivity contribution in [1.29, 1.82) is 0 Å². The van der Waals surface area contributed by atoms with Crippen molar-refractivity contribution in [2.75, 3.05) is 13.1 Å². The van der Waals surface area contributed by atoms with Gasteiger partial charge < -0.3 is 9.88 Å². The molecule has 0 aliphatic carbocycles. The second kappa shape index (κ2) is 6.38. The van der Waals surface area contributed by atoms with Crippen molar-refractivity contribution in [2.24, 2.45) is 0 Å². The zero-order valence-corrected chi connectivity index (χ0v) is 8.87. The third-order valence-electron chi connectivity index (χ3n) is 2.01. The lowest BCUT2D eigenvalue weighted by Gasteiger charge is -2.04. The molecule has 1 heterocycles. The first-order chi connectivity index (χ1) is 6.79. The van der Waals surface area contributed by atoms with Crippen molar-refractivity contribution >= 4 is 0 Å². The van der Waals surface area contributed by atoms with E-state index in [0.717, 1.165) is 19.6 Å². The topological polar surface area (TPSA) is 29.9 Å². The standard InChI is InChI=1S/C11H19N3/c1-11(2)9-12-5-3-4-7-14-8-6-13-10-14/h6,8,10,12H,1,3-5,7,9H2,2H3. The summed E-state index contributed by atoms with van der Waals surface area (Å²) in [5.74, 6) is 0. The zero-order valence-electron chi connectivity index (χ0n) is 8.87. The maximum atomic E-state index is 4.00. The smallest absolute Gasteiger partial charge is 0.0945 e. The average molecular weight is 193 g/mol. The molecule has 0 bridgehead atoms. The summed E-state index contributed by atoms with van der Waals surface area (Å²) in [5, 5.41) is 3.34. The third-order valence-corrected chi connectivity index (χ3v) is 2.01. The molecule has 0 aromatic carbocycles. The molecule has 14 heavy (non-hydrogen) atoms. The van der Waals surface area contributed by atoms with Crippen LogP contribution in [0, 0.1) is 0 Å². The third kappa shape index (κ3) is 4.82. The summed E-state index contributed by atoms with van der Waals surface area (Å²) in [5.41, 5.74) is 1.19. The summed E-state index contributed by atoms with van der Waals surface area (Å²) in [6.07, 6.45) is 8.08. The number of hydrogen-bond donors (Lipinski definition) is 1. The number of aryl methyl sites for hydroxylation is 1. The Balaban J connectivity index is 1.92. The normalized spacial score (nSPS) is 10.4. The second-order valence-electron chi connectivity index (χ2n) is 3.64. The van der Waals surface area contributed by atoms with Crippen LogP contribution in [0.5, 0.6) is 0 Å². The Bertz CT molecular complexity index is 252. The van der Waals surface area contributed by atoms with Gasteiger partial charge in [0.1, 0.15) is 0 Å². The van der Waals surface area contributed by atoms with E-state index in [9.17, 15) is 0 Å². The minimum absolute atomic E-state index is 0.936. The predicted octanol–water partition coefficient (Wildman–Crippen LogP) is 1.83. The largest absolute Gasteiger partial charge is 0.337 e. The Morgan fingerprint density at radius 1 is 1.50 bits per heavy atom. The Hall–Kier alpha value is -1.09. The fourth-order valence-corrected chi connectivity index (χ4v) is 1.27. The number of nitrogens with one attached hydrogen (secondary N) is 1. The maximum absolute atomic E-state index is 4.00. The van der Waals surface area contributed by atoms with E-state index in [1.807, 2.05) is 25.6 Å². The first-order valence-corrected chi connectivity index (χ1v) is 5.10. The summed E-state index contributed by atoms with van der Waals surface area (Å²) >= 11 is 0. The highest BCUT2D eigenvalue weighted by Crippen LogP contribution is 1.94. The number of imidazole rings is 1. The van der Waals surface area contributed by atoms with E-state index in [1.165, 1.54) is 18.4 Å². The number of rotatable bonds is 7. The van der Waals surface area contributed by atoms with Gasteiger partial charge in [-0.2, -0.15) is 0 Å². The average Bonchev–Trinajstić information content (AvgIpc) is 2.63. The summed E-state index contributed by atoms with van der Waals surface area (Å²) in [6, 6.07) is 0. The molecule has 1 rings (SSSR count). The van der Waals surface area contributed by atoms with Crippen molar-refractivity contribution in [1.82, 2.24) is 14.9 Å². The van der Waals surface area contributed by atoms with Gasteiger partial charge in [0.2, 0.25) is 0 Å². The van der Waals surface area contributed by atoms with Gasteiger partial charge in [0.05, 0.1) is 6.33 Å². The van der Waals surface area contributed by atoms with Crippen LogP contribution in [0.25, 0.3) is 0 Å². The first kappa shape index (κ1) is 11.0. The van der Waals surface area contributed by atoms with Gasteiger partial charge in [-0.3, -0.25) is 0 Å². The first-order valence-electron chi connectivity index (χ1n) is 5.10. The summed E-state index contributed by atoms with van der Waals surface area (Å²) in [4.78, 5) is 4.00. The molecule has 1 N–H and O–H groups in total. The van der Waals surface area contributed by atoms with Crippen molar-refractivity contribution < 1.29 is 0 Å². The maximum Gasteiger partial charge on any atom is 0.0945 e. The molecule has 1 aromatic rings. The Kier molecular flexibility index (Phi) is 5.00. The van der Waals surface area contributed by atoms with Gasteiger partial charge in [-0.1, -0.05) is 12.2 Å². The lowest BCUT2D eigenvalue weighted by molar-refractivity contribution is 0.579.